The predicted octanol–water partition coefficient (Wildman–Crippen LogP) is 2.03. The number of carbonyl (C=O) groups excluding carboxylic acids is 1. The highest BCUT2D eigenvalue weighted by molar-refractivity contribution is 6.31. The van der Waals surface area contributed by atoms with Crippen LogP contribution in [-0.4, -0.2) is 29.0 Å². The SMILES string of the molecule is CC(C#N)N(C)C(=O)c1cc(Cl)ccc1O. The molecule has 1 amide bonds. The first-order valence-corrected chi connectivity index (χ1v) is 5.00. The number of rotatable bonds is 2. The zero-order valence-electron chi connectivity index (χ0n) is 8.94. The Morgan fingerprint density at radius 2 is 2.25 bits per heavy atom. The van der Waals surface area contributed by atoms with Crippen LogP contribution in [0.4, 0.5) is 0 Å². The highest BCUT2D eigenvalue weighted by Gasteiger charge is 2.20. The van der Waals surface area contributed by atoms with E-state index in [4.69, 9.17) is 16.9 Å². The molecule has 1 N–H and O–H groups in total. The van der Waals surface area contributed by atoms with Gasteiger partial charge in [0.25, 0.3) is 5.91 Å². The molecular weight excluding hydrogens is 228 g/mol. The van der Waals surface area contributed by atoms with E-state index in [-0.39, 0.29) is 11.3 Å². The van der Waals surface area contributed by atoms with Crippen molar-refractivity contribution in [2.45, 2.75) is 13.0 Å². The third-order valence-electron chi connectivity index (χ3n) is 2.28. The van der Waals surface area contributed by atoms with Gasteiger partial charge in [-0.2, -0.15) is 5.26 Å². The Bertz CT molecular complexity index is 454. The van der Waals surface area contributed by atoms with Gasteiger partial charge in [0.15, 0.2) is 0 Å². The molecule has 0 aliphatic rings. The lowest BCUT2D eigenvalue weighted by molar-refractivity contribution is 0.0770. The molecule has 0 aliphatic heterocycles. The summed E-state index contributed by atoms with van der Waals surface area (Å²) in [4.78, 5) is 13.1. The summed E-state index contributed by atoms with van der Waals surface area (Å²) < 4.78 is 0. The van der Waals surface area contributed by atoms with Crippen LogP contribution in [-0.2, 0) is 0 Å². The number of hydrogen-bond donors (Lipinski definition) is 1. The van der Waals surface area contributed by atoms with Crippen LogP contribution in [0.2, 0.25) is 5.02 Å². The molecule has 4 nitrogen and oxygen atoms in total. The molecule has 1 unspecified atom stereocenters. The first-order valence-electron chi connectivity index (χ1n) is 4.62. The number of nitrogens with zero attached hydrogens (tertiary/aromatic N) is 2. The minimum Gasteiger partial charge on any atom is -0.507 e. The maximum Gasteiger partial charge on any atom is 0.258 e. The molecule has 0 saturated heterocycles. The minimum atomic E-state index is -0.564. The minimum absolute atomic E-state index is 0.0945. The summed E-state index contributed by atoms with van der Waals surface area (Å²) in [5.41, 5.74) is 0.0945. The average Bonchev–Trinajstić information content (AvgIpc) is 2.29. The molecule has 1 aromatic carbocycles. The van der Waals surface area contributed by atoms with E-state index in [0.29, 0.717) is 5.02 Å². The van der Waals surface area contributed by atoms with E-state index in [1.165, 1.54) is 30.1 Å². The van der Waals surface area contributed by atoms with Gasteiger partial charge in [-0.15, -0.1) is 0 Å². The van der Waals surface area contributed by atoms with Crippen LogP contribution in [0.5, 0.6) is 5.75 Å². The van der Waals surface area contributed by atoms with Crippen molar-refractivity contribution in [2.75, 3.05) is 7.05 Å². The lowest BCUT2D eigenvalue weighted by atomic mass is 10.1. The van der Waals surface area contributed by atoms with Crippen LogP contribution >= 0.6 is 11.6 Å². The third-order valence-corrected chi connectivity index (χ3v) is 2.51. The van der Waals surface area contributed by atoms with Crippen molar-refractivity contribution in [3.05, 3.63) is 28.8 Å². The molecule has 0 fully saturated rings. The fourth-order valence-electron chi connectivity index (χ4n) is 1.13. The van der Waals surface area contributed by atoms with Crippen molar-refractivity contribution < 1.29 is 9.90 Å². The Morgan fingerprint density at radius 1 is 1.62 bits per heavy atom. The second kappa shape index (κ2) is 4.86. The van der Waals surface area contributed by atoms with Gasteiger partial charge in [-0.3, -0.25) is 4.79 Å². The predicted molar refractivity (Wildman–Crippen MR) is 60.3 cm³/mol. The molecule has 0 spiro atoms. The standard InChI is InChI=1S/C11H11ClN2O2/c1-7(6-13)14(2)11(16)9-5-8(12)3-4-10(9)15/h3-5,7,15H,1-2H3. The second-order valence-electron chi connectivity index (χ2n) is 3.38. The molecule has 0 radical (unpaired) electrons. The molecule has 0 saturated carbocycles. The number of hydrogen-bond acceptors (Lipinski definition) is 3. The monoisotopic (exact) mass is 238 g/mol. The number of benzene rings is 1. The summed E-state index contributed by atoms with van der Waals surface area (Å²) in [6.07, 6.45) is 0. The van der Waals surface area contributed by atoms with E-state index in [0.717, 1.165) is 0 Å². The fourth-order valence-corrected chi connectivity index (χ4v) is 1.30. The van der Waals surface area contributed by atoms with Crippen LogP contribution in [0, 0.1) is 11.3 Å². The Hall–Kier alpha value is -1.73. The van der Waals surface area contributed by atoms with E-state index in [1.807, 2.05) is 6.07 Å². The Balaban J connectivity index is 3.06. The number of aromatic hydroxyl groups is 1. The van der Waals surface area contributed by atoms with Gasteiger partial charge in [-0.25, -0.2) is 0 Å². The number of phenolic OH excluding ortho intramolecular Hbond substituents is 1. The lowest BCUT2D eigenvalue weighted by Crippen LogP contribution is -2.34. The lowest BCUT2D eigenvalue weighted by Gasteiger charge is -2.19. The van der Waals surface area contributed by atoms with Gasteiger partial charge in [-0.1, -0.05) is 11.6 Å². The normalized spacial score (nSPS) is 11.6. The Morgan fingerprint density at radius 3 is 2.81 bits per heavy atom. The summed E-state index contributed by atoms with van der Waals surface area (Å²) in [5, 5.41) is 18.6. The largest absolute Gasteiger partial charge is 0.507 e. The van der Waals surface area contributed by atoms with Gasteiger partial charge in [0, 0.05) is 12.1 Å². The summed E-state index contributed by atoms with van der Waals surface area (Å²) in [6, 6.07) is 5.59. The maximum atomic E-state index is 11.9. The molecule has 0 bridgehead atoms. The number of amides is 1. The van der Waals surface area contributed by atoms with Crippen LogP contribution in [0.15, 0.2) is 18.2 Å². The highest BCUT2D eigenvalue weighted by Crippen LogP contribution is 2.23. The van der Waals surface area contributed by atoms with E-state index in [1.54, 1.807) is 6.92 Å². The molecule has 1 aromatic rings. The topological polar surface area (TPSA) is 64.3 Å². The molecule has 5 heteroatoms. The van der Waals surface area contributed by atoms with Crippen LogP contribution in [0.25, 0.3) is 0 Å². The van der Waals surface area contributed by atoms with Crippen LogP contribution in [0.3, 0.4) is 0 Å². The van der Waals surface area contributed by atoms with Crippen molar-refractivity contribution in [2.24, 2.45) is 0 Å². The Labute approximate surface area is 98.7 Å². The smallest absolute Gasteiger partial charge is 0.258 e. The molecule has 0 aromatic heterocycles. The number of phenols is 1. The van der Waals surface area contributed by atoms with Crippen LogP contribution in [0.1, 0.15) is 17.3 Å². The third kappa shape index (κ3) is 2.44. The van der Waals surface area contributed by atoms with E-state index < -0.39 is 11.9 Å². The molecule has 0 aliphatic carbocycles. The maximum absolute atomic E-state index is 11.9. The number of halogens is 1. The fraction of sp³-hybridized carbons (Fsp3) is 0.273. The first-order chi connectivity index (χ1) is 7.47. The van der Waals surface area contributed by atoms with Gasteiger partial charge >= 0.3 is 0 Å². The average molecular weight is 239 g/mol. The number of carbonyl (C=O) groups is 1. The van der Waals surface area contributed by atoms with Crippen molar-refractivity contribution in [1.29, 1.82) is 5.26 Å². The molecule has 1 rings (SSSR count). The first kappa shape index (κ1) is 12.3. The van der Waals surface area contributed by atoms with Gasteiger partial charge in [0.2, 0.25) is 0 Å². The molecular formula is C11H11ClN2O2. The summed E-state index contributed by atoms with van der Waals surface area (Å²) in [6.45, 7) is 1.60. The second-order valence-corrected chi connectivity index (χ2v) is 3.82. The quantitative estimate of drug-likeness (QED) is 0.858. The van der Waals surface area contributed by atoms with E-state index in [2.05, 4.69) is 0 Å². The van der Waals surface area contributed by atoms with Gasteiger partial charge < -0.3 is 10.0 Å². The summed E-state index contributed by atoms with van der Waals surface area (Å²) in [7, 11) is 1.50. The molecule has 0 heterocycles. The number of nitriles is 1. The van der Waals surface area contributed by atoms with Gasteiger partial charge in [0.05, 0.1) is 11.6 Å². The molecule has 1 atom stereocenters. The summed E-state index contributed by atoms with van der Waals surface area (Å²) >= 11 is 5.73. The van der Waals surface area contributed by atoms with E-state index in [9.17, 15) is 9.90 Å². The van der Waals surface area contributed by atoms with Gasteiger partial charge in [-0.05, 0) is 25.1 Å². The van der Waals surface area contributed by atoms with E-state index >= 15 is 0 Å². The van der Waals surface area contributed by atoms with Crippen molar-refractivity contribution in [3.63, 3.8) is 0 Å². The van der Waals surface area contributed by atoms with Crippen molar-refractivity contribution >= 4 is 17.5 Å². The van der Waals surface area contributed by atoms with Crippen molar-refractivity contribution in [3.8, 4) is 11.8 Å². The zero-order valence-corrected chi connectivity index (χ0v) is 9.69. The Kier molecular flexibility index (Phi) is 3.75. The van der Waals surface area contributed by atoms with Gasteiger partial charge in [0.1, 0.15) is 11.8 Å². The zero-order chi connectivity index (χ0) is 12.3. The van der Waals surface area contributed by atoms with Crippen LogP contribution < -0.4 is 0 Å². The molecule has 84 valence electrons. The highest BCUT2D eigenvalue weighted by atomic mass is 35.5. The van der Waals surface area contributed by atoms with Crippen molar-refractivity contribution in [1.82, 2.24) is 4.90 Å². The summed E-state index contributed by atoms with van der Waals surface area (Å²) in [5.74, 6) is -0.583. The molecule has 16 heavy (non-hydrogen) atoms.